The fourth-order valence-corrected chi connectivity index (χ4v) is 6.68. The number of alkyl carbamates (subject to hydrolysis) is 1. The number of hydrogen-bond acceptors (Lipinski definition) is 7. The summed E-state index contributed by atoms with van der Waals surface area (Å²) >= 11 is 0. The third-order valence-corrected chi connectivity index (χ3v) is 8.57. The number of ether oxygens (including phenoxy) is 2. The minimum Gasteiger partial charge on any atom is -0.461 e. The number of rotatable bonds is 10. The molecule has 0 saturated carbocycles. The molecule has 0 fully saturated rings. The highest BCUT2D eigenvalue weighted by molar-refractivity contribution is 5.92. The maximum atomic E-state index is 13.3. The van der Waals surface area contributed by atoms with Crippen LogP contribution in [-0.4, -0.2) is 51.6 Å². The molecule has 4 aromatic rings. The minimum atomic E-state index is -0.686. The van der Waals surface area contributed by atoms with Crippen molar-refractivity contribution < 1.29 is 19.1 Å². The van der Waals surface area contributed by atoms with Crippen LogP contribution in [0.2, 0.25) is 0 Å². The summed E-state index contributed by atoms with van der Waals surface area (Å²) in [6, 6.07) is 31.6. The molecule has 47 heavy (non-hydrogen) atoms. The molecule has 0 radical (unpaired) electrons. The number of aryl methyl sites for hydroxylation is 1. The molecular weight excluding hydrogens is 590 g/mol. The molecule has 1 atom stereocenters. The van der Waals surface area contributed by atoms with Gasteiger partial charge in [0.2, 0.25) is 0 Å². The Balaban J connectivity index is 1.39. The molecule has 9 nitrogen and oxygen atoms in total. The number of carbonyl (C=O) groups excluding carboxylic acids is 2. The van der Waals surface area contributed by atoms with Crippen molar-refractivity contribution in [2.75, 3.05) is 13.2 Å². The summed E-state index contributed by atoms with van der Waals surface area (Å²) in [5.41, 5.74) is 9.18. The van der Waals surface area contributed by atoms with Crippen molar-refractivity contribution in [3.8, 4) is 0 Å². The van der Waals surface area contributed by atoms with Crippen LogP contribution in [0.5, 0.6) is 0 Å². The fourth-order valence-electron chi connectivity index (χ4n) is 6.68. The molecule has 0 spiro atoms. The first-order chi connectivity index (χ1) is 22.7. The zero-order chi connectivity index (χ0) is 33.0. The van der Waals surface area contributed by atoms with E-state index >= 15 is 0 Å². The normalized spacial score (nSPS) is 15.8. The van der Waals surface area contributed by atoms with E-state index < -0.39 is 17.2 Å². The lowest BCUT2D eigenvalue weighted by Crippen LogP contribution is -2.52. The second kappa shape index (κ2) is 13.5. The number of amides is 1. The van der Waals surface area contributed by atoms with Gasteiger partial charge in [-0.15, -0.1) is 0 Å². The van der Waals surface area contributed by atoms with Crippen molar-refractivity contribution >= 4 is 17.6 Å². The van der Waals surface area contributed by atoms with Crippen molar-refractivity contribution in [1.29, 1.82) is 0 Å². The zero-order valence-corrected chi connectivity index (χ0v) is 27.5. The van der Waals surface area contributed by atoms with Gasteiger partial charge in [-0.2, -0.15) is 5.10 Å². The van der Waals surface area contributed by atoms with Crippen LogP contribution in [0.1, 0.15) is 79.0 Å². The molecule has 1 unspecified atom stereocenters. The van der Waals surface area contributed by atoms with E-state index in [1.165, 1.54) is 0 Å². The van der Waals surface area contributed by atoms with Crippen molar-refractivity contribution in [3.63, 3.8) is 0 Å². The van der Waals surface area contributed by atoms with Crippen LogP contribution < -0.4 is 10.7 Å². The SMILES string of the molecule is CCOC(=O)c1c2c(nn1CCCNC(=O)OC(C)(C)C)C1=CN(C(c3ccccc3)(c3ccccc3)c3ccccc3)NC1CC2. The Bertz CT molecular complexity index is 1630. The van der Waals surface area contributed by atoms with Crippen molar-refractivity contribution in [2.45, 2.75) is 70.7 Å². The van der Waals surface area contributed by atoms with Gasteiger partial charge in [-0.25, -0.2) is 15.0 Å². The number of hydrogen-bond donors (Lipinski definition) is 2. The van der Waals surface area contributed by atoms with Gasteiger partial charge >= 0.3 is 12.1 Å². The zero-order valence-electron chi connectivity index (χ0n) is 27.5. The summed E-state index contributed by atoms with van der Waals surface area (Å²) in [5.74, 6) is -0.379. The summed E-state index contributed by atoms with van der Waals surface area (Å²) in [4.78, 5) is 25.5. The fraction of sp³-hybridized carbons (Fsp3) is 0.342. The lowest BCUT2D eigenvalue weighted by atomic mass is 9.76. The Morgan fingerprint density at radius 2 is 1.49 bits per heavy atom. The molecule has 0 saturated heterocycles. The average Bonchev–Trinajstić information content (AvgIpc) is 3.66. The quantitative estimate of drug-likeness (QED) is 0.118. The maximum absolute atomic E-state index is 13.3. The van der Waals surface area contributed by atoms with E-state index in [0.717, 1.165) is 39.9 Å². The van der Waals surface area contributed by atoms with E-state index in [4.69, 9.17) is 14.6 Å². The third-order valence-electron chi connectivity index (χ3n) is 8.57. The van der Waals surface area contributed by atoms with E-state index in [9.17, 15) is 9.59 Å². The molecule has 9 heteroatoms. The molecule has 2 heterocycles. The number of carbonyl (C=O) groups is 2. The Labute approximate surface area is 276 Å². The lowest BCUT2D eigenvalue weighted by Gasteiger charge is -2.44. The van der Waals surface area contributed by atoms with Crippen molar-refractivity contribution in [2.24, 2.45) is 0 Å². The maximum Gasteiger partial charge on any atom is 0.407 e. The van der Waals surface area contributed by atoms with Gasteiger partial charge in [0.1, 0.15) is 16.8 Å². The first kappa shape index (κ1) is 32.1. The van der Waals surface area contributed by atoms with Gasteiger partial charge in [0, 0.05) is 30.4 Å². The van der Waals surface area contributed by atoms with E-state index in [2.05, 4.69) is 94.7 Å². The van der Waals surface area contributed by atoms with E-state index in [1.807, 2.05) is 45.9 Å². The molecular formula is C38H43N5O4. The Kier molecular flexibility index (Phi) is 9.18. The number of nitrogens with one attached hydrogen (secondary N) is 2. The predicted octanol–water partition coefficient (Wildman–Crippen LogP) is 6.44. The molecule has 244 valence electrons. The minimum absolute atomic E-state index is 0.00485. The molecule has 2 N–H and O–H groups in total. The Hall–Kier alpha value is -4.89. The number of hydrazine groups is 1. The molecule has 1 aliphatic carbocycles. The van der Waals surface area contributed by atoms with Gasteiger partial charge in [-0.1, -0.05) is 91.0 Å². The van der Waals surface area contributed by atoms with E-state index in [0.29, 0.717) is 31.6 Å². The van der Waals surface area contributed by atoms with Gasteiger partial charge in [0.25, 0.3) is 0 Å². The highest BCUT2D eigenvalue weighted by Gasteiger charge is 2.47. The Morgan fingerprint density at radius 3 is 2.02 bits per heavy atom. The molecule has 1 aliphatic heterocycles. The molecule has 0 bridgehead atoms. The van der Waals surface area contributed by atoms with Crippen LogP contribution in [0.4, 0.5) is 4.79 Å². The van der Waals surface area contributed by atoms with Crippen LogP contribution in [0.25, 0.3) is 5.57 Å². The number of fused-ring (bicyclic) bond motifs is 3. The van der Waals surface area contributed by atoms with E-state index in [1.54, 1.807) is 4.68 Å². The average molecular weight is 634 g/mol. The highest BCUT2D eigenvalue weighted by atomic mass is 16.6. The smallest absolute Gasteiger partial charge is 0.407 e. The largest absolute Gasteiger partial charge is 0.461 e. The number of nitrogens with zero attached hydrogens (tertiary/aromatic N) is 3. The number of aromatic nitrogens is 2. The highest BCUT2D eigenvalue weighted by Crippen LogP contribution is 2.46. The van der Waals surface area contributed by atoms with Crippen LogP contribution >= 0.6 is 0 Å². The summed E-state index contributed by atoms with van der Waals surface area (Å²) in [6.45, 7) is 8.39. The second-order valence-electron chi connectivity index (χ2n) is 12.9. The van der Waals surface area contributed by atoms with Gasteiger partial charge in [-0.05, 0) is 63.6 Å². The third kappa shape index (κ3) is 6.40. The summed E-state index contributed by atoms with van der Waals surface area (Å²) in [7, 11) is 0. The topological polar surface area (TPSA) is 97.7 Å². The van der Waals surface area contributed by atoms with Crippen LogP contribution in [0.15, 0.2) is 97.2 Å². The number of benzene rings is 3. The van der Waals surface area contributed by atoms with Crippen LogP contribution in [0, 0.1) is 0 Å². The summed E-state index contributed by atoms with van der Waals surface area (Å²) < 4.78 is 12.6. The second-order valence-corrected chi connectivity index (χ2v) is 12.9. The number of esters is 1. The Morgan fingerprint density at radius 1 is 0.915 bits per heavy atom. The van der Waals surface area contributed by atoms with Gasteiger partial charge in [-0.3, -0.25) is 9.69 Å². The van der Waals surface area contributed by atoms with Crippen LogP contribution in [-0.2, 0) is 28.0 Å². The van der Waals surface area contributed by atoms with Crippen molar-refractivity contribution in [3.05, 3.63) is 131 Å². The summed E-state index contributed by atoms with van der Waals surface area (Å²) in [5, 5.41) is 10.1. The molecule has 3 aromatic carbocycles. The molecule has 1 amide bonds. The lowest BCUT2D eigenvalue weighted by molar-refractivity contribution is 0.0500. The van der Waals surface area contributed by atoms with Crippen LogP contribution in [0.3, 0.4) is 0 Å². The van der Waals surface area contributed by atoms with Crippen molar-refractivity contribution in [1.82, 2.24) is 25.5 Å². The monoisotopic (exact) mass is 633 g/mol. The molecule has 2 aliphatic rings. The van der Waals surface area contributed by atoms with Gasteiger partial charge in [0.05, 0.1) is 18.3 Å². The first-order valence-corrected chi connectivity index (χ1v) is 16.4. The van der Waals surface area contributed by atoms with Gasteiger partial charge < -0.3 is 14.8 Å². The first-order valence-electron chi connectivity index (χ1n) is 16.4. The molecule has 6 rings (SSSR count). The van der Waals surface area contributed by atoms with E-state index in [-0.39, 0.29) is 18.6 Å². The van der Waals surface area contributed by atoms with Gasteiger partial charge in [0.15, 0.2) is 0 Å². The standard InChI is InChI=1S/C38H43N5O4/c1-5-46-35(44)34-30-22-23-32-31(33(30)41-42(34)25-15-24-39-36(45)47-37(2,3)4)26-43(40-32)38(27-16-9-6-10-17-27,28-18-11-7-12-19-28)29-20-13-8-14-21-29/h6-14,16-21,26,32,40H,5,15,22-25H2,1-4H3,(H,39,45). The summed E-state index contributed by atoms with van der Waals surface area (Å²) in [6.07, 6.45) is 3.75. The predicted molar refractivity (Wildman–Crippen MR) is 181 cm³/mol. The molecule has 1 aromatic heterocycles.